The van der Waals surface area contributed by atoms with Crippen LogP contribution in [-0.2, 0) is 34.0 Å². The summed E-state index contributed by atoms with van der Waals surface area (Å²) in [7, 11) is 3.61. The van der Waals surface area contributed by atoms with Gasteiger partial charge in [-0.15, -0.1) is 0 Å². The van der Waals surface area contributed by atoms with Gasteiger partial charge in [0.15, 0.2) is 7.85 Å². The fraction of sp³-hybridized carbons (Fsp3) is 0.400. The molecule has 4 N–H and O–H groups in total. The first-order chi connectivity index (χ1) is 18.4. The van der Waals surface area contributed by atoms with Crippen LogP contribution in [-0.4, -0.2) is 104 Å². The molecule has 3 aliphatic heterocycles. The minimum atomic E-state index is -2.34. The second kappa shape index (κ2) is 9.78. The molecule has 0 saturated carbocycles. The molecule has 3 unspecified atom stereocenters. The number of hydrogen-bond donors (Lipinski definition) is 4. The molecule has 3 amide bonds. The highest BCUT2D eigenvalue weighted by atomic mass is 19.1. The van der Waals surface area contributed by atoms with E-state index in [1.807, 2.05) is 6.07 Å². The molecule has 39 heavy (non-hydrogen) atoms. The molecule has 3 atom stereocenters. The maximum atomic E-state index is 14.7. The lowest BCUT2D eigenvalue weighted by Gasteiger charge is -2.56. The Morgan fingerprint density at radius 3 is 2.49 bits per heavy atom. The SMILES string of the molecule is BC1(O)C(=O)NC(=O)C(B)(N2Cc3c(NCc4cc(CN5CCOCC5)ccc4F)cccc3C2=O)C1(B)O. The van der Waals surface area contributed by atoms with Crippen molar-refractivity contribution >= 4 is 46.9 Å². The number of rotatable bonds is 6. The maximum Gasteiger partial charge on any atom is 0.254 e. The summed E-state index contributed by atoms with van der Waals surface area (Å²) in [6.45, 7) is 3.77. The van der Waals surface area contributed by atoms with Gasteiger partial charge in [-0.3, -0.25) is 24.6 Å². The molecule has 0 radical (unpaired) electrons. The lowest BCUT2D eigenvalue weighted by atomic mass is 9.43. The van der Waals surface area contributed by atoms with Crippen LogP contribution in [0.4, 0.5) is 10.1 Å². The summed E-state index contributed by atoms with van der Waals surface area (Å²) in [5.74, 6) is -2.82. The number of aliphatic hydroxyl groups is 2. The summed E-state index contributed by atoms with van der Waals surface area (Å²) >= 11 is 0. The molecule has 2 fully saturated rings. The summed E-state index contributed by atoms with van der Waals surface area (Å²) in [6.07, 6.45) is 0. The number of amides is 3. The number of halogens is 1. The van der Waals surface area contributed by atoms with Crippen LogP contribution in [0.25, 0.3) is 0 Å². The fourth-order valence-corrected chi connectivity index (χ4v) is 5.58. The van der Waals surface area contributed by atoms with E-state index in [1.54, 1.807) is 24.3 Å². The number of morpholine rings is 1. The second-order valence-electron chi connectivity index (χ2n) is 10.9. The number of carbonyl (C=O) groups is 3. The minimum Gasteiger partial charge on any atom is -0.394 e. The number of carbonyl (C=O) groups excluding carboxylic acids is 3. The molecule has 3 aliphatic rings. The number of fused-ring (bicyclic) bond motifs is 1. The number of anilines is 1. The summed E-state index contributed by atoms with van der Waals surface area (Å²) in [5, 5.41) is 27.4. The van der Waals surface area contributed by atoms with Crippen LogP contribution in [0.1, 0.15) is 27.0 Å². The van der Waals surface area contributed by atoms with Crippen LogP contribution in [0, 0.1) is 5.82 Å². The highest BCUT2D eigenvalue weighted by Gasteiger charge is 2.68. The Morgan fingerprint density at radius 1 is 1.05 bits per heavy atom. The van der Waals surface area contributed by atoms with E-state index in [-0.39, 0.29) is 18.9 Å². The van der Waals surface area contributed by atoms with E-state index in [0.29, 0.717) is 42.1 Å². The van der Waals surface area contributed by atoms with Gasteiger partial charge in [-0.25, -0.2) is 4.39 Å². The van der Waals surface area contributed by atoms with Crippen molar-refractivity contribution < 1.29 is 33.7 Å². The first-order valence-electron chi connectivity index (χ1n) is 12.9. The number of benzene rings is 2. The van der Waals surface area contributed by atoms with Crippen molar-refractivity contribution in [2.45, 2.75) is 36.1 Å². The van der Waals surface area contributed by atoms with Gasteiger partial charge >= 0.3 is 0 Å². The van der Waals surface area contributed by atoms with Crippen LogP contribution in [0.3, 0.4) is 0 Å². The molecule has 0 bridgehead atoms. The molecule has 2 saturated heterocycles. The topological polar surface area (TPSA) is 131 Å². The molecule has 3 heterocycles. The Morgan fingerprint density at radius 2 is 1.77 bits per heavy atom. The Labute approximate surface area is 228 Å². The maximum absolute atomic E-state index is 14.7. The van der Waals surface area contributed by atoms with Crippen LogP contribution in [0.2, 0.25) is 0 Å². The minimum absolute atomic E-state index is 0.0682. The van der Waals surface area contributed by atoms with Crippen LogP contribution in [0.15, 0.2) is 36.4 Å². The number of ether oxygens (including phenoxy) is 1. The van der Waals surface area contributed by atoms with Crippen molar-refractivity contribution in [3.05, 3.63) is 64.5 Å². The van der Waals surface area contributed by atoms with Crippen molar-refractivity contribution in [2.24, 2.45) is 0 Å². The standard InChI is InChI=1S/C25H30B3FN4O6/c26-23(21(35)31-22(36)24(27,37)25(23,28)38)33-13-17-16(20(33)34)2-1-3-19(17)30-11-15-10-14(4-5-18(15)29)12-32-6-8-39-9-7-32/h1-5,10,30,37-38H,6-9,11-13,26-28H2,(H,31,35,36). The zero-order valence-electron chi connectivity index (χ0n) is 22.2. The summed E-state index contributed by atoms with van der Waals surface area (Å²) in [6, 6.07) is 10.1. The van der Waals surface area contributed by atoms with Gasteiger partial charge < -0.3 is 25.2 Å². The van der Waals surface area contributed by atoms with Crippen LogP contribution in [0.5, 0.6) is 0 Å². The third-order valence-electron chi connectivity index (χ3n) is 8.60. The van der Waals surface area contributed by atoms with E-state index in [2.05, 4.69) is 15.5 Å². The van der Waals surface area contributed by atoms with Crippen molar-refractivity contribution in [1.82, 2.24) is 15.1 Å². The average molecular weight is 534 g/mol. The summed E-state index contributed by atoms with van der Waals surface area (Å²) in [5.41, 5.74) is -3.70. The molecular weight excluding hydrogens is 504 g/mol. The summed E-state index contributed by atoms with van der Waals surface area (Å²) < 4.78 is 20.1. The first kappa shape index (κ1) is 27.4. The second-order valence-corrected chi connectivity index (χ2v) is 10.9. The fourth-order valence-electron chi connectivity index (χ4n) is 5.58. The molecule has 0 aromatic heterocycles. The smallest absolute Gasteiger partial charge is 0.254 e. The Balaban J connectivity index is 1.38. The molecule has 0 spiro atoms. The number of piperidine rings is 1. The molecular formula is C25H30B3FN4O6. The van der Waals surface area contributed by atoms with Crippen LogP contribution < -0.4 is 10.6 Å². The lowest BCUT2D eigenvalue weighted by Crippen LogP contribution is -2.86. The third-order valence-corrected chi connectivity index (χ3v) is 8.60. The van der Waals surface area contributed by atoms with Crippen molar-refractivity contribution in [3.8, 4) is 0 Å². The van der Waals surface area contributed by atoms with Gasteiger partial charge in [-0.1, -0.05) is 12.1 Å². The lowest BCUT2D eigenvalue weighted by molar-refractivity contribution is -0.172. The van der Waals surface area contributed by atoms with Gasteiger partial charge in [0.1, 0.15) is 32.4 Å². The predicted octanol–water partition coefficient (Wildman–Crippen LogP) is -3.14. The normalized spacial score (nSPS) is 29.3. The van der Waals surface area contributed by atoms with E-state index in [4.69, 9.17) is 4.74 Å². The monoisotopic (exact) mass is 534 g/mol. The molecule has 202 valence electrons. The third kappa shape index (κ3) is 4.35. The van der Waals surface area contributed by atoms with E-state index in [0.717, 1.165) is 26.5 Å². The van der Waals surface area contributed by atoms with E-state index < -0.39 is 34.2 Å². The zero-order valence-corrected chi connectivity index (χ0v) is 22.2. The number of nitrogens with zero attached hydrogens (tertiary/aromatic N) is 2. The van der Waals surface area contributed by atoms with E-state index in [9.17, 15) is 29.0 Å². The van der Waals surface area contributed by atoms with E-state index in [1.165, 1.54) is 26.7 Å². The molecule has 5 rings (SSSR count). The van der Waals surface area contributed by atoms with Crippen molar-refractivity contribution in [2.75, 3.05) is 31.6 Å². The molecule has 0 aliphatic carbocycles. The van der Waals surface area contributed by atoms with Crippen molar-refractivity contribution in [3.63, 3.8) is 0 Å². The van der Waals surface area contributed by atoms with Gasteiger partial charge in [0, 0.05) is 55.1 Å². The molecule has 2 aromatic carbocycles. The van der Waals surface area contributed by atoms with Crippen molar-refractivity contribution in [1.29, 1.82) is 0 Å². The zero-order chi connectivity index (χ0) is 28.2. The molecule has 10 nitrogen and oxygen atoms in total. The molecule has 2 aromatic rings. The highest BCUT2D eigenvalue weighted by molar-refractivity contribution is 6.46. The van der Waals surface area contributed by atoms with Crippen LogP contribution >= 0.6 is 0 Å². The van der Waals surface area contributed by atoms with Gasteiger partial charge in [0.05, 0.1) is 18.7 Å². The number of imide groups is 1. The Kier molecular flexibility index (Phi) is 6.86. The Bertz CT molecular complexity index is 1350. The Hall–Kier alpha value is -3.19. The van der Waals surface area contributed by atoms with Gasteiger partial charge in [0.2, 0.25) is 5.91 Å². The van der Waals surface area contributed by atoms with E-state index >= 15 is 0 Å². The number of nitrogens with one attached hydrogen (secondary N) is 2. The largest absolute Gasteiger partial charge is 0.394 e. The van der Waals surface area contributed by atoms with Gasteiger partial charge in [-0.2, -0.15) is 0 Å². The highest BCUT2D eigenvalue weighted by Crippen LogP contribution is 2.41. The average Bonchev–Trinajstić information content (AvgIpc) is 3.25. The quantitative estimate of drug-likeness (QED) is 0.226. The predicted molar refractivity (Wildman–Crippen MR) is 148 cm³/mol. The van der Waals surface area contributed by atoms with Gasteiger partial charge in [-0.05, 0) is 29.8 Å². The number of hydrogen-bond acceptors (Lipinski definition) is 8. The van der Waals surface area contributed by atoms with Gasteiger partial charge in [0.25, 0.3) is 11.8 Å². The summed E-state index contributed by atoms with van der Waals surface area (Å²) in [4.78, 5) is 42.3. The molecule has 14 heteroatoms. The first-order valence-corrected chi connectivity index (χ1v) is 12.9.